The number of methoxy groups -OCH3 is 1. The van der Waals surface area contributed by atoms with Gasteiger partial charge in [0.15, 0.2) is 5.75 Å². The summed E-state index contributed by atoms with van der Waals surface area (Å²) in [7, 11) is 1.45. The van der Waals surface area contributed by atoms with Gasteiger partial charge in [-0.05, 0) is 12.1 Å². The summed E-state index contributed by atoms with van der Waals surface area (Å²) in [5, 5.41) is 8.84. The molecule has 0 atom stereocenters. The van der Waals surface area contributed by atoms with Crippen molar-refractivity contribution in [3.05, 3.63) is 41.8 Å². The van der Waals surface area contributed by atoms with Crippen molar-refractivity contribution >= 4 is 0 Å². The smallest absolute Gasteiger partial charge is 0.325 e. The Hall–Kier alpha value is -2.68. The van der Waals surface area contributed by atoms with Gasteiger partial charge in [0.1, 0.15) is 17.4 Å². The van der Waals surface area contributed by atoms with E-state index in [4.69, 9.17) is 14.7 Å². The van der Waals surface area contributed by atoms with Crippen LogP contribution in [0, 0.1) is 17.1 Å². The van der Waals surface area contributed by atoms with E-state index in [2.05, 4.69) is 9.97 Å². The number of halogens is 1. The summed E-state index contributed by atoms with van der Waals surface area (Å²) in [4.78, 5) is 7.75. The Morgan fingerprint density at radius 1 is 1.33 bits per heavy atom. The van der Waals surface area contributed by atoms with Crippen LogP contribution in [0.15, 0.2) is 30.5 Å². The normalized spacial score (nSPS) is 9.61. The Morgan fingerprint density at radius 2 is 2.17 bits per heavy atom. The molecule has 90 valence electrons. The van der Waals surface area contributed by atoms with Gasteiger partial charge >= 0.3 is 6.01 Å². The highest BCUT2D eigenvalue weighted by molar-refractivity contribution is 5.44. The highest BCUT2D eigenvalue weighted by Crippen LogP contribution is 2.25. The Bertz CT molecular complexity index is 611. The molecular formula is C12H8FN3O2. The van der Waals surface area contributed by atoms with Gasteiger partial charge in [-0.2, -0.15) is 10.2 Å². The summed E-state index contributed by atoms with van der Waals surface area (Å²) in [5.41, 5.74) is -0.191. The van der Waals surface area contributed by atoms with Crippen LogP contribution in [0.5, 0.6) is 17.6 Å². The number of rotatable bonds is 3. The SMILES string of the molecule is COc1ccnc(Oc2cccc(F)c2C#N)n1. The average Bonchev–Trinajstić information content (AvgIpc) is 2.39. The van der Waals surface area contributed by atoms with E-state index in [-0.39, 0.29) is 17.3 Å². The van der Waals surface area contributed by atoms with Crippen LogP contribution in [0.25, 0.3) is 0 Å². The second-order valence-electron chi connectivity index (χ2n) is 3.21. The van der Waals surface area contributed by atoms with E-state index in [1.807, 2.05) is 0 Å². The van der Waals surface area contributed by atoms with Crippen LogP contribution in [-0.2, 0) is 0 Å². The number of ether oxygens (including phenoxy) is 2. The summed E-state index contributed by atoms with van der Waals surface area (Å²) < 4.78 is 23.5. The first kappa shape index (κ1) is 11.8. The summed E-state index contributed by atoms with van der Waals surface area (Å²) in [5.74, 6) is -0.279. The molecule has 0 aliphatic rings. The number of benzene rings is 1. The van der Waals surface area contributed by atoms with Crippen LogP contribution in [0.4, 0.5) is 4.39 Å². The third kappa shape index (κ3) is 2.35. The second-order valence-corrected chi connectivity index (χ2v) is 3.21. The molecule has 2 aromatic rings. The minimum absolute atomic E-state index is 0.0172. The number of nitriles is 1. The summed E-state index contributed by atoms with van der Waals surface area (Å²) >= 11 is 0. The van der Waals surface area contributed by atoms with Gasteiger partial charge in [-0.25, -0.2) is 9.37 Å². The Balaban J connectivity index is 2.34. The molecular weight excluding hydrogens is 237 g/mol. The van der Waals surface area contributed by atoms with Crippen molar-refractivity contribution in [2.24, 2.45) is 0 Å². The van der Waals surface area contributed by atoms with E-state index >= 15 is 0 Å². The fourth-order valence-corrected chi connectivity index (χ4v) is 1.28. The topological polar surface area (TPSA) is 68.0 Å². The molecule has 0 radical (unpaired) electrons. The Labute approximate surface area is 102 Å². The lowest BCUT2D eigenvalue weighted by atomic mass is 10.2. The van der Waals surface area contributed by atoms with Crippen LogP contribution in [0.2, 0.25) is 0 Å². The van der Waals surface area contributed by atoms with Crippen molar-refractivity contribution in [2.45, 2.75) is 0 Å². The van der Waals surface area contributed by atoms with E-state index < -0.39 is 5.82 Å². The molecule has 6 heteroatoms. The first-order chi connectivity index (χ1) is 8.74. The van der Waals surface area contributed by atoms with Crippen molar-refractivity contribution in [3.8, 4) is 23.7 Å². The molecule has 5 nitrogen and oxygen atoms in total. The van der Waals surface area contributed by atoms with E-state index in [0.717, 1.165) is 0 Å². The second kappa shape index (κ2) is 5.10. The molecule has 0 aliphatic carbocycles. The largest absolute Gasteiger partial charge is 0.481 e. The molecule has 0 amide bonds. The highest BCUT2D eigenvalue weighted by Gasteiger charge is 2.11. The number of nitrogens with zero attached hydrogens (tertiary/aromatic N) is 3. The first-order valence-corrected chi connectivity index (χ1v) is 4.98. The molecule has 0 saturated heterocycles. The maximum Gasteiger partial charge on any atom is 0.325 e. The highest BCUT2D eigenvalue weighted by atomic mass is 19.1. The molecule has 2 rings (SSSR count). The van der Waals surface area contributed by atoms with E-state index in [1.54, 1.807) is 12.1 Å². The minimum Gasteiger partial charge on any atom is -0.481 e. The van der Waals surface area contributed by atoms with E-state index in [0.29, 0.717) is 5.88 Å². The fourth-order valence-electron chi connectivity index (χ4n) is 1.28. The average molecular weight is 245 g/mol. The van der Waals surface area contributed by atoms with Crippen molar-refractivity contribution in [2.75, 3.05) is 7.11 Å². The van der Waals surface area contributed by atoms with Crippen molar-refractivity contribution in [1.29, 1.82) is 5.26 Å². The fraction of sp³-hybridized carbons (Fsp3) is 0.0833. The van der Waals surface area contributed by atoms with Crippen LogP contribution in [-0.4, -0.2) is 17.1 Å². The summed E-state index contributed by atoms with van der Waals surface area (Å²) in [6.45, 7) is 0. The van der Waals surface area contributed by atoms with Gasteiger partial charge in [-0.15, -0.1) is 0 Å². The molecule has 0 fully saturated rings. The van der Waals surface area contributed by atoms with Crippen LogP contribution in [0.1, 0.15) is 5.56 Å². The number of aromatic nitrogens is 2. The van der Waals surface area contributed by atoms with E-state index in [1.165, 1.54) is 31.5 Å². The third-order valence-corrected chi connectivity index (χ3v) is 2.11. The summed E-state index contributed by atoms with van der Waals surface area (Å²) in [6, 6.07) is 7.33. The predicted octanol–water partition coefficient (Wildman–Crippen LogP) is 2.29. The molecule has 1 aromatic heterocycles. The van der Waals surface area contributed by atoms with Gasteiger partial charge in [-0.1, -0.05) is 6.07 Å². The van der Waals surface area contributed by atoms with Gasteiger partial charge in [0.25, 0.3) is 0 Å². The lowest BCUT2D eigenvalue weighted by molar-refractivity contribution is 0.375. The zero-order valence-corrected chi connectivity index (χ0v) is 9.42. The number of hydrogen-bond donors (Lipinski definition) is 0. The van der Waals surface area contributed by atoms with Gasteiger partial charge in [-0.3, -0.25) is 0 Å². The van der Waals surface area contributed by atoms with Crippen LogP contribution < -0.4 is 9.47 Å². The molecule has 1 heterocycles. The van der Waals surface area contributed by atoms with Gasteiger partial charge in [0, 0.05) is 12.3 Å². The van der Waals surface area contributed by atoms with Crippen molar-refractivity contribution in [3.63, 3.8) is 0 Å². The molecule has 0 aliphatic heterocycles. The lowest BCUT2D eigenvalue weighted by Crippen LogP contribution is -1.96. The molecule has 0 spiro atoms. The summed E-state index contributed by atoms with van der Waals surface area (Å²) in [6.07, 6.45) is 1.44. The monoisotopic (exact) mass is 245 g/mol. The van der Waals surface area contributed by atoms with Crippen LogP contribution >= 0.6 is 0 Å². The third-order valence-electron chi connectivity index (χ3n) is 2.11. The van der Waals surface area contributed by atoms with Gasteiger partial charge in [0.2, 0.25) is 5.88 Å². The molecule has 0 saturated carbocycles. The molecule has 1 aromatic carbocycles. The zero-order chi connectivity index (χ0) is 13.0. The molecule has 18 heavy (non-hydrogen) atoms. The zero-order valence-electron chi connectivity index (χ0n) is 9.42. The van der Waals surface area contributed by atoms with Crippen molar-refractivity contribution < 1.29 is 13.9 Å². The minimum atomic E-state index is -0.655. The maximum atomic E-state index is 13.3. The van der Waals surface area contributed by atoms with Gasteiger partial charge < -0.3 is 9.47 Å². The number of hydrogen-bond acceptors (Lipinski definition) is 5. The maximum absolute atomic E-state index is 13.3. The van der Waals surface area contributed by atoms with E-state index in [9.17, 15) is 4.39 Å². The Kier molecular flexibility index (Phi) is 3.34. The molecule has 0 N–H and O–H groups in total. The molecule has 0 unspecified atom stereocenters. The lowest BCUT2D eigenvalue weighted by Gasteiger charge is -2.06. The standard InChI is InChI=1S/C12H8FN3O2/c1-17-11-5-6-15-12(16-11)18-10-4-2-3-9(13)8(10)7-14/h2-6H,1H3. The van der Waals surface area contributed by atoms with Gasteiger partial charge in [0.05, 0.1) is 7.11 Å². The quantitative estimate of drug-likeness (QED) is 0.829. The Morgan fingerprint density at radius 3 is 2.89 bits per heavy atom. The van der Waals surface area contributed by atoms with Crippen molar-refractivity contribution in [1.82, 2.24) is 9.97 Å². The predicted molar refractivity (Wildman–Crippen MR) is 59.8 cm³/mol. The molecule has 0 bridgehead atoms. The first-order valence-electron chi connectivity index (χ1n) is 4.98. The van der Waals surface area contributed by atoms with Crippen LogP contribution in [0.3, 0.4) is 0 Å².